The fraction of sp³-hybridized carbons (Fsp3) is 0.273. The van der Waals surface area contributed by atoms with Crippen LogP contribution < -0.4 is 15.2 Å². The average molecular weight is 427 g/mol. The third-order valence-corrected chi connectivity index (χ3v) is 5.09. The van der Waals surface area contributed by atoms with Crippen LogP contribution in [0, 0.1) is 0 Å². The lowest BCUT2D eigenvalue weighted by molar-refractivity contribution is -0.193. The Kier molecular flexibility index (Phi) is 5.04. The molecule has 0 saturated heterocycles. The van der Waals surface area contributed by atoms with Crippen LogP contribution in [0.4, 0.5) is 14.5 Å². The van der Waals surface area contributed by atoms with E-state index >= 15 is 0 Å². The van der Waals surface area contributed by atoms with Gasteiger partial charge in [0.05, 0.1) is 29.7 Å². The minimum atomic E-state index is -4.07. The first-order valence-electron chi connectivity index (χ1n) is 9.71. The van der Waals surface area contributed by atoms with Crippen molar-refractivity contribution in [2.75, 3.05) is 4.90 Å². The number of carbonyl (C=O) groups is 2. The SMILES string of the molecule is CCc1cccc2c1OC(F)(F)C(=O)N2Cc1nc2ccccc2c(=O)n1CC(C)=O. The number of ketones is 1. The first kappa shape index (κ1) is 20.6. The van der Waals surface area contributed by atoms with Gasteiger partial charge in [0, 0.05) is 0 Å². The third kappa shape index (κ3) is 3.56. The van der Waals surface area contributed by atoms with Crippen LogP contribution in [0.15, 0.2) is 47.3 Å². The summed E-state index contributed by atoms with van der Waals surface area (Å²) in [5, 5.41) is 0.291. The van der Waals surface area contributed by atoms with E-state index in [1.54, 1.807) is 43.3 Å². The van der Waals surface area contributed by atoms with Gasteiger partial charge in [0.25, 0.3) is 5.56 Å². The van der Waals surface area contributed by atoms with Crippen molar-refractivity contribution in [1.82, 2.24) is 9.55 Å². The molecule has 0 N–H and O–H groups in total. The predicted octanol–water partition coefficient (Wildman–Crippen LogP) is 3.07. The molecule has 31 heavy (non-hydrogen) atoms. The Morgan fingerprint density at radius 1 is 1.13 bits per heavy atom. The first-order valence-corrected chi connectivity index (χ1v) is 9.71. The molecule has 0 atom stereocenters. The molecule has 1 aliphatic heterocycles. The van der Waals surface area contributed by atoms with E-state index in [1.807, 2.05) is 0 Å². The summed E-state index contributed by atoms with van der Waals surface area (Å²) < 4.78 is 34.7. The lowest BCUT2D eigenvalue weighted by Crippen LogP contribution is -2.51. The van der Waals surface area contributed by atoms with Gasteiger partial charge < -0.3 is 4.74 Å². The van der Waals surface area contributed by atoms with Gasteiger partial charge in [-0.2, -0.15) is 8.78 Å². The van der Waals surface area contributed by atoms with E-state index < -0.39 is 24.1 Å². The number of rotatable bonds is 5. The summed E-state index contributed by atoms with van der Waals surface area (Å²) in [5.41, 5.74) is 0.539. The molecular formula is C22H19F2N3O4. The number of aromatic nitrogens is 2. The molecule has 1 aromatic heterocycles. The van der Waals surface area contributed by atoms with Crippen molar-refractivity contribution in [1.29, 1.82) is 0 Å². The molecule has 2 heterocycles. The van der Waals surface area contributed by atoms with Crippen LogP contribution in [0.5, 0.6) is 5.75 Å². The summed E-state index contributed by atoms with van der Waals surface area (Å²) in [5.74, 6) is -1.94. The summed E-state index contributed by atoms with van der Waals surface area (Å²) in [6.07, 6.45) is -3.65. The Hall–Kier alpha value is -3.62. The number of carbonyl (C=O) groups excluding carboxylic acids is 2. The summed E-state index contributed by atoms with van der Waals surface area (Å²) in [6.45, 7) is 2.38. The molecule has 2 aromatic carbocycles. The highest BCUT2D eigenvalue weighted by Crippen LogP contribution is 2.42. The number of para-hydroxylation sites is 2. The maximum atomic E-state index is 14.4. The average Bonchev–Trinajstić information content (AvgIpc) is 2.73. The first-order chi connectivity index (χ1) is 14.7. The molecule has 0 radical (unpaired) electrons. The number of hydrogen-bond acceptors (Lipinski definition) is 5. The van der Waals surface area contributed by atoms with Gasteiger partial charge in [0.15, 0.2) is 5.75 Å². The number of Topliss-reactive ketones (excluding diaryl/α,β-unsaturated/α-hetero) is 1. The zero-order valence-corrected chi connectivity index (χ0v) is 16.9. The second-order valence-corrected chi connectivity index (χ2v) is 7.27. The van der Waals surface area contributed by atoms with Gasteiger partial charge in [-0.3, -0.25) is 23.9 Å². The van der Waals surface area contributed by atoms with Crippen molar-refractivity contribution in [3.63, 3.8) is 0 Å². The van der Waals surface area contributed by atoms with Crippen molar-refractivity contribution in [2.45, 2.75) is 39.5 Å². The topological polar surface area (TPSA) is 81.5 Å². The Balaban J connectivity index is 1.90. The number of ether oxygens (including phenoxy) is 1. The van der Waals surface area contributed by atoms with Crippen molar-refractivity contribution >= 4 is 28.3 Å². The van der Waals surface area contributed by atoms with E-state index in [9.17, 15) is 23.2 Å². The smallest absolute Gasteiger partial charge is 0.423 e. The summed E-state index contributed by atoms with van der Waals surface area (Å²) in [4.78, 5) is 42.6. The number of nitrogens with zero attached hydrogens (tertiary/aromatic N) is 3. The van der Waals surface area contributed by atoms with Crippen LogP contribution in [0.2, 0.25) is 0 Å². The minimum absolute atomic E-state index is 0.0257. The number of halogens is 2. The normalized spacial score (nSPS) is 15.0. The van der Waals surface area contributed by atoms with Crippen molar-refractivity contribution < 1.29 is 23.1 Å². The zero-order valence-electron chi connectivity index (χ0n) is 16.9. The van der Waals surface area contributed by atoms with Crippen LogP contribution >= 0.6 is 0 Å². The number of amides is 1. The van der Waals surface area contributed by atoms with Gasteiger partial charge >= 0.3 is 12.0 Å². The largest absolute Gasteiger partial charge is 0.483 e. The lowest BCUT2D eigenvalue weighted by atomic mass is 10.1. The quantitative estimate of drug-likeness (QED) is 0.625. The Labute approximate surface area is 175 Å². The van der Waals surface area contributed by atoms with Crippen molar-refractivity contribution in [3.8, 4) is 5.75 Å². The molecule has 3 aromatic rings. The highest BCUT2D eigenvalue weighted by atomic mass is 19.3. The highest BCUT2D eigenvalue weighted by Gasteiger charge is 2.51. The molecule has 0 saturated carbocycles. The van der Waals surface area contributed by atoms with Gasteiger partial charge in [-0.1, -0.05) is 31.2 Å². The molecular weight excluding hydrogens is 408 g/mol. The molecule has 0 fully saturated rings. The van der Waals surface area contributed by atoms with E-state index in [0.717, 1.165) is 9.47 Å². The summed E-state index contributed by atoms with van der Waals surface area (Å²) >= 11 is 0. The van der Waals surface area contributed by atoms with Gasteiger partial charge in [-0.05, 0) is 37.1 Å². The second kappa shape index (κ2) is 7.57. The summed E-state index contributed by atoms with van der Waals surface area (Å²) in [7, 11) is 0. The number of hydrogen-bond donors (Lipinski definition) is 0. The van der Waals surface area contributed by atoms with Crippen molar-refractivity contribution in [2.24, 2.45) is 0 Å². The fourth-order valence-corrected chi connectivity index (χ4v) is 3.64. The predicted molar refractivity (Wildman–Crippen MR) is 109 cm³/mol. The molecule has 7 nitrogen and oxygen atoms in total. The van der Waals surface area contributed by atoms with Crippen molar-refractivity contribution in [3.05, 3.63) is 64.2 Å². The second-order valence-electron chi connectivity index (χ2n) is 7.27. The number of fused-ring (bicyclic) bond motifs is 2. The number of benzene rings is 2. The van der Waals surface area contributed by atoms with Crippen LogP contribution in [0.3, 0.4) is 0 Å². The standard InChI is InChI=1S/C22H19F2N3O4/c1-3-14-7-6-10-17-19(14)31-22(23,24)21(30)26(17)12-18-25-16-9-5-4-8-15(16)20(29)27(18)11-13(2)28/h4-10H,3,11-12H2,1-2H3. The Morgan fingerprint density at radius 3 is 2.58 bits per heavy atom. The zero-order chi connectivity index (χ0) is 22.3. The van der Waals surface area contributed by atoms with Crippen LogP contribution in [-0.4, -0.2) is 27.4 Å². The molecule has 1 amide bonds. The number of anilines is 1. The molecule has 160 valence electrons. The molecule has 1 aliphatic rings. The van der Waals surface area contributed by atoms with Gasteiger partial charge in [-0.25, -0.2) is 4.98 Å². The monoisotopic (exact) mass is 427 g/mol. The van der Waals surface area contributed by atoms with Gasteiger partial charge in [0.2, 0.25) is 0 Å². The van der Waals surface area contributed by atoms with Gasteiger partial charge in [-0.15, -0.1) is 0 Å². The van der Waals surface area contributed by atoms with Crippen LogP contribution in [0.25, 0.3) is 10.9 Å². The summed E-state index contributed by atoms with van der Waals surface area (Å²) in [6, 6.07) is 11.3. The maximum Gasteiger partial charge on any atom is 0.483 e. The molecule has 0 unspecified atom stereocenters. The van der Waals surface area contributed by atoms with E-state index in [4.69, 9.17) is 4.74 Å². The molecule has 0 bridgehead atoms. The molecule has 4 rings (SSSR count). The van der Waals surface area contributed by atoms with Gasteiger partial charge in [0.1, 0.15) is 11.6 Å². The fourth-order valence-electron chi connectivity index (χ4n) is 3.64. The van der Waals surface area contributed by atoms with Crippen LogP contribution in [-0.2, 0) is 29.1 Å². The van der Waals surface area contributed by atoms with E-state index in [2.05, 4.69) is 4.98 Å². The third-order valence-electron chi connectivity index (χ3n) is 5.09. The molecule has 0 spiro atoms. The maximum absolute atomic E-state index is 14.4. The molecule has 0 aliphatic carbocycles. The Morgan fingerprint density at radius 2 is 1.87 bits per heavy atom. The lowest BCUT2D eigenvalue weighted by Gasteiger charge is -2.34. The number of aryl methyl sites for hydroxylation is 1. The highest BCUT2D eigenvalue weighted by molar-refractivity contribution is 6.01. The molecule has 9 heteroatoms. The Bertz CT molecular complexity index is 1270. The van der Waals surface area contributed by atoms with E-state index in [1.165, 1.54) is 13.0 Å². The van der Waals surface area contributed by atoms with E-state index in [-0.39, 0.29) is 29.6 Å². The number of alkyl halides is 2. The van der Waals surface area contributed by atoms with Crippen LogP contribution in [0.1, 0.15) is 25.2 Å². The van der Waals surface area contributed by atoms with E-state index in [0.29, 0.717) is 22.9 Å². The minimum Gasteiger partial charge on any atom is -0.423 e.